The molecule has 6 nitrogen and oxygen atoms in total. The van der Waals surface area contributed by atoms with Crippen molar-refractivity contribution in [2.75, 3.05) is 18.7 Å². The SMILES string of the molecule is COc1ccc(-c2ccc(=O)n(CCCC(=O)Nc3ccccc3SC)n2)cc1. The van der Waals surface area contributed by atoms with Gasteiger partial charge in [0.25, 0.3) is 5.56 Å². The van der Waals surface area contributed by atoms with E-state index < -0.39 is 0 Å². The van der Waals surface area contributed by atoms with E-state index in [4.69, 9.17) is 4.74 Å². The van der Waals surface area contributed by atoms with Gasteiger partial charge in [-0.3, -0.25) is 9.59 Å². The van der Waals surface area contributed by atoms with Crippen molar-refractivity contribution in [2.24, 2.45) is 0 Å². The van der Waals surface area contributed by atoms with E-state index in [1.165, 1.54) is 10.7 Å². The molecule has 0 bridgehead atoms. The molecule has 0 atom stereocenters. The lowest BCUT2D eigenvalue weighted by Gasteiger charge is -2.10. The van der Waals surface area contributed by atoms with E-state index in [1.54, 1.807) is 24.9 Å². The van der Waals surface area contributed by atoms with Gasteiger partial charge in [-0.15, -0.1) is 11.8 Å². The molecule has 1 heterocycles. The van der Waals surface area contributed by atoms with Crippen LogP contribution < -0.4 is 15.6 Å². The molecule has 0 fully saturated rings. The van der Waals surface area contributed by atoms with Gasteiger partial charge in [0.2, 0.25) is 5.91 Å². The summed E-state index contributed by atoms with van der Waals surface area (Å²) in [5.41, 5.74) is 2.22. The zero-order valence-corrected chi connectivity index (χ0v) is 17.2. The normalized spacial score (nSPS) is 10.6. The molecular weight excluding hydrogens is 386 g/mol. The van der Waals surface area contributed by atoms with Crippen molar-refractivity contribution in [1.82, 2.24) is 9.78 Å². The van der Waals surface area contributed by atoms with Crippen LogP contribution in [-0.4, -0.2) is 29.1 Å². The van der Waals surface area contributed by atoms with Gasteiger partial charge in [-0.1, -0.05) is 12.1 Å². The number of carbonyl (C=O) groups is 1. The predicted octanol–water partition coefficient (Wildman–Crippen LogP) is 4.06. The van der Waals surface area contributed by atoms with Gasteiger partial charge in [-0.25, -0.2) is 4.68 Å². The van der Waals surface area contributed by atoms with E-state index in [1.807, 2.05) is 54.8 Å². The first kappa shape index (κ1) is 20.7. The molecule has 29 heavy (non-hydrogen) atoms. The van der Waals surface area contributed by atoms with Crippen molar-refractivity contribution in [3.05, 3.63) is 71.0 Å². The molecule has 0 saturated carbocycles. The maximum absolute atomic E-state index is 12.3. The molecule has 1 amide bonds. The number of hydrogen-bond acceptors (Lipinski definition) is 5. The topological polar surface area (TPSA) is 73.2 Å². The van der Waals surface area contributed by atoms with Crippen molar-refractivity contribution >= 4 is 23.4 Å². The fourth-order valence-corrected chi connectivity index (χ4v) is 3.43. The second-order valence-corrected chi connectivity index (χ2v) is 7.21. The van der Waals surface area contributed by atoms with E-state index in [-0.39, 0.29) is 11.5 Å². The molecule has 7 heteroatoms. The number of carbonyl (C=O) groups excluding carboxylic acids is 1. The summed E-state index contributed by atoms with van der Waals surface area (Å²) in [6.07, 6.45) is 2.80. The third-order valence-corrected chi connectivity index (χ3v) is 5.20. The largest absolute Gasteiger partial charge is 0.497 e. The number of amides is 1. The van der Waals surface area contributed by atoms with Crippen LogP contribution in [0.15, 0.2) is 70.4 Å². The van der Waals surface area contributed by atoms with Crippen LogP contribution >= 0.6 is 11.8 Å². The first-order chi connectivity index (χ1) is 14.1. The van der Waals surface area contributed by atoms with Gasteiger partial charge in [0.05, 0.1) is 18.5 Å². The molecule has 3 aromatic rings. The van der Waals surface area contributed by atoms with Gasteiger partial charge < -0.3 is 10.1 Å². The molecule has 0 saturated heterocycles. The number of rotatable bonds is 8. The van der Waals surface area contributed by atoms with Crippen LogP contribution in [0.3, 0.4) is 0 Å². The number of nitrogens with one attached hydrogen (secondary N) is 1. The van der Waals surface area contributed by atoms with E-state index in [0.717, 1.165) is 21.9 Å². The Labute approximate surface area is 173 Å². The Morgan fingerprint density at radius 3 is 2.59 bits per heavy atom. The summed E-state index contributed by atoms with van der Waals surface area (Å²) in [6, 6.07) is 18.4. The molecule has 3 rings (SSSR count). The summed E-state index contributed by atoms with van der Waals surface area (Å²) in [5.74, 6) is 0.682. The van der Waals surface area contributed by atoms with Crippen molar-refractivity contribution < 1.29 is 9.53 Å². The summed E-state index contributed by atoms with van der Waals surface area (Å²) in [7, 11) is 1.61. The zero-order chi connectivity index (χ0) is 20.6. The number of methoxy groups -OCH3 is 1. The fourth-order valence-electron chi connectivity index (χ4n) is 2.87. The molecule has 0 aliphatic carbocycles. The van der Waals surface area contributed by atoms with E-state index in [2.05, 4.69) is 10.4 Å². The number of ether oxygens (including phenoxy) is 1. The number of aryl methyl sites for hydroxylation is 1. The molecule has 0 unspecified atom stereocenters. The third kappa shape index (κ3) is 5.48. The summed E-state index contributed by atoms with van der Waals surface area (Å²) >= 11 is 1.58. The van der Waals surface area contributed by atoms with E-state index >= 15 is 0 Å². The van der Waals surface area contributed by atoms with Crippen molar-refractivity contribution in [2.45, 2.75) is 24.3 Å². The number of para-hydroxylation sites is 1. The highest BCUT2D eigenvalue weighted by Crippen LogP contribution is 2.24. The maximum Gasteiger partial charge on any atom is 0.266 e. The lowest BCUT2D eigenvalue weighted by atomic mass is 10.1. The highest BCUT2D eigenvalue weighted by atomic mass is 32.2. The monoisotopic (exact) mass is 409 g/mol. The van der Waals surface area contributed by atoms with Crippen LogP contribution in [0, 0.1) is 0 Å². The zero-order valence-electron chi connectivity index (χ0n) is 16.4. The molecule has 2 aromatic carbocycles. The Morgan fingerprint density at radius 2 is 1.86 bits per heavy atom. The lowest BCUT2D eigenvalue weighted by Crippen LogP contribution is -2.23. The van der Waals surface area contributed by atoms with Crippen LogP contribution in [0.1, 0.15) is 12.8 Å². The van der Waals surface area contributed by atoms with Crippen LogP contribution in [-0.2, 0) is 11.3 Å². The fraction of sp³-hybridized carbons (Fsp3) is 0.227. The van der Waals surface area contributed by atoms with Crippen molar-refractivity contribution in [3.8, 4) is 17.0 Å². The Balaban J connectivity index is 1.61. The average Bonchev–Trinajstić information content (AvgIpc) is 2.75. The van der Waals surface area contributed by atoms with Gasteiger partial charge in [-0.2, -0.15) is 5.10 Å². The quantitative estimate of drug-likeness (QED) is 0.568. The van der Waals surface area contributed by atoms with Crippen LogP contribution in [0.5, 0.6) is 5.75 Å². The van der Waals surface area contributed by atoms with Gasteiger partial charge in [-0.05, 0) is 55.1 Å². The Bertz CT molecular complexity index is 1030. The number of anilines is 1. The van der Waals surface area contributed by atoms with Crippen molar-refractivity contribution in [3.63, 3.8) is 0 Å². The minimum atomic E-state index is -0.185. The van der Waals surface area contributed by atoms with Gasteiger partial charge in [0, 0.05) is 29.5 Å². The number of hydrogen-bond donors (Lipinski definition) is 1. The minimum absolute atomic E-state index is 0.0779. The summed E-state index contributed by atoms with van der Waals surface area (Å²) in [6.45, 7) is 0.375. The second kappa shape index (κ2) is 9.93. The van der Waals surface area contributed by atoms with Crippen LogP contribution in [0.25, 0.3) is 11.3 Å². The van der Waals surface area contributed by atoms with Crippen LogP contribution in [0.4, 0.5) is 5.69 Å². The molecule has 0 aliphatic rings. The number of aromatic nitrogens is 2. The molecule has 1 N–H and O–H groups in total. The van der Waals surface area contributed by atoms with Crippen molar-refractivity contribution in [1.29, 1.82) is 0 Å². The minimum Gasteiger partial charge on any atom is -0.497 e. The first-order valence-corrected chi connectivity index (χ1v) is 10.5. The van der Waals surface area contributed by atoms with E-state index in [0.29, 0.717) is 25.1 Å². The maximum atomic E-state index is 12.3. The first-order valence-electron chi connectivity index (χ1n) is 9.26. The molecule has 1 aromatic heterocycles. The van der Waals surface area contributed by atoms with Gasteiger partial charge in [0.1, 0.15) is 5.75 Å². The Morgan fingerprint density at radius 1 is 1.10 bits per heavy atom. The summed E-state index contributed by atoms with van der Waals surface area (Å²) in [4.78, 5) is 25.4. The number of nitrogens with zero attached hydrogens (tertiary/aromatic N) is 2. The number of benzene rings is 2. The second-order valence-electron chi connectivity index (χ2n) is 6.36. The molecule has 150 valence electrons. The highest BCUT2D eigenvalue weighted by molar-refractivity contribution is 7.98. The standard InChI is InChI=1S/C22H23N3O3S/c1-28-17-11-9-16(10-12-17)18-13-14-22(27)25(24-18)15-5-8-21(26)23-19-6-3-4-7-20(19)29-2/h3-4,6-7,9-14H,5,8,15H2,1-2H3,(H,23,26). The summed E-state index contributed by atoms with van der Waals surface area (Å²) < 4.78 is 6.57. The average molecular weight is 410 g/mol. The molecule has 0 aliphatic heterocycles. The van der Waals surface area contributed by atoms with Crippen LogP contribution in [0.2, 0.25) is 0 Å². The lowest BCUT2D eigenvalue weighted by molar-refractivity contribution is -0.116. The highest BCUT2D eigenvalue weighted by Gasteiger charge is 2.08. The number of thioether (sulfide) groups is 1. The predicted molar refractivity (Wildman–Crippen MR) is 117 cm³/mol. The third-order valence-electron chi connectivity index (χ3n) is 4.41. The van der Waals surface area contributed by atoms with Gasteiger partial charge >= 0.3 is 0 Å². The Kier molecular flexibility index (Phi) is 7.08. The molecule has 0 spiro atoms. The van der Waals surface area contributed by atoms with Gasteiger partial charge in [0.15, 0.2) is 0 Å². The smallest absolute Gasteiger partial charge is 0.266 e. The molecule has 0 radical (unpaired) electrons. The molecular formula is C22H23N3O3S. The Hall–Kier alpha value is -3.06. The van der Waals surface area contributed by atoms with E-state index in [9.17, 15) is 9.59 Å². The summed E-state index contributed by atoms with van der Waals surface area (Å²) in [5, 5.41) is 7.37.